The van der Waals surface area contributed by atoms with E-state index in [2.05, 4.69) is 10.3 Å². The maximum atomic E-state index is 10.4. The Labute approximate surface area is 75.8 Å². The highest BCUT2D eigenvalue weighted by Crippen LogP contribution is 2.02. The van der Waals surface area contributed by atoms with Gasteiger partial charge in [-0.15, -0.1) is 0 Å². The SMILES string of the molecule is CCCNCc1ncc(C(=O)O)o1. The molecule has 1 aromatic heterocycles. The number of aromatic carboxylic acids is 1. The summed E-state index contributed by atoms with van der Waals surface area (Å²) in [6, 6.07) is 0. The number of nitrogens with one attached hydrogen (secondary N) is 1. The fourth-order valence-electron chi connectivity index (χ4n) is 0.863. The van der Waals surface area contributed by atoms with Gasteiger partial charge in [0.1, 0.15) is 0 Å². The summed E-state index contributed by atoms with van der Waals surface area (Å²) < 4.78 is 4.92. The highest BCUT2D eigenvalue weighted by atomic mass is 16.4. The lowest BCUT2D eigenvalue weighted by Gasteiger charge is -1.96. The highest BCUT2D eigenvalue weighted by Gasteiger charge is 2.09. The molecule has 5 nitrogen and oxygen atoms in total. The molecule has 0 saturated carbocycles. The Morgan fingerprint density at radius 3 is 3.08 bits per heavy atom. The van der Waals surface area contributed by atoms with E-state index in [0.29, 0.717) is 12.4 Å². The molecule has 0 aromatic carbocycles. The first kappa shape index (κ1) is 9.73. The van der Waals surface area contributed by atoms with Crippen molar-refractivity contribution in [2.45, 2.75) is 19.9 Å². The molecule has 0 aliphatic rings. The van der Waals surface area contributed by atoms with E-state index in [1.807, 2.05) is 6.92 Å². The van der Waals surface area contributed by atoms with Gasteiger partial charge in [0, 0.05) is 0 Å². The van der Waals surface area contributed by atoms with Gasteiger partial charge >= 0.3 is 5.97 Å². The molecule has 0 aliphatic carbocycles. The van der Waals surface area contributed by atoms with Crippen LogP contribution in [-0.2, 0) is 6.54 Å². The molecule has 0 radical (unpaired) electrons. The minimum absolute atomic E-state index is 0.117. The zero-order valence-electron chi connectivity index (χ0n) is 7.41. The number of rotatable bonds is 5. The molecule has 0 aliphatic heterocycles. The van der Waals surface area contributed by atoms with Gasteiger partial charge in [-0.25, -0.2) is 9.78 Å². The first-order chi connectivity index (χ1) is 6.24. The second-order valence-corrected chi connectivity index (χ2v) is 2.60. The smallest absolute Gasteiger partial charge is 0.373 e. The largest absolute Gasteiger partial charge is 0.475 e. The van der Waals surface area contributed by atoms with Crippen LogP contribution in [0.4, 0.5) is 0 Å². The van der Waals surface area contributed by atoms with Crippen molar-refractivity contribution in [3.63, 3.8) is 0 Å². The fourth-order valence-corrected chi connectivity index (χ4v) is 0.863. The molecule has 1 aromatic rings. The van der Waals surface area contributed by atoms with Crippen LogP contribution in [0.1, 0.15) is 29.8 Å². The molecule has 0 fully saturated rings. The van der Waals surface area contributed by atoms with Crippen LogP contribution in [0.3, 0.4) is 0 Å². The van der Waals surface area contributed by atoms with E-state index >= 15 is 0 Å². The summed E-state index contributed by atoms with van der Waals surface area (Å²) in [5, 5.41) is 11.6. The normalized spacial score (nSPS) is 10.2. The first-order valence-corrected chi connectivity index (χ1v) is 4.12. The fraction of sp³-hybridized carbons (Fsp3) is 0.500. The van der Waals surface area contributed by atoms with Gasteiger partial charge in [-0.1, -0.05) is 6.92 Å². The highest BCUT2D eigenvalue weighted by molar-refractivity contribution is 5.83. The molecule has 1 heterocycles. The first-order valence-electron chi connectivity index (χ1n) is 4.12. The van der Waals surface area contributed by atoms with Crippen molar-refractivity contribution in [1.82, 2.24) is 10.3 Å². The molecule has 72 valence electrons. The summed E-state index contributed by atoms with van der Waals surface area (Å²) in [5.74, 6) is -0.798. The lowest BCUT2D eigenvalue weighted by Crippen LogP contribution is -2.13. The number of carboxylic acid groups (broad SMARTS) is 1. The van der Waals surface area contributed by atoms with Crippen LogP contribution in [0.25, 0.3) is 0 Å². The summed E-state index contributed by atoms with van der Waals surface area (Å²) in [5.41, 5.74) is 0. The monoisotopic (exact) mass is 184 g/mol. The number of carbonyl (C=O) groups is 1. The van der Waals surface area contributed by atoms with E-state index in [0.717, 1.165) is 13.0 Å². The summed E-state index contributed by atoms with van der Waals surface area (Å²) in [6.07, 6.45) is 2.23. The number of carboxylic acids is 1. The molecule has 0 saturated heterocycles. The van der Waals surface area contributed by atoms with Crippen molar-refractivity contribution >= 4 is 5.97 Å². The minimum atomic E-state index is -1.09. The minimum Gasteiger partial charge on any atom is -0.475 e. The van der Waals surface area contributed by atoms with E-state index < -0.39 is 5.97 Å². The van der Waals surface area contributed by atoms with Crippen molar-refractivity contribution in [3.05, 3.63) is 17.8 Å². The van der Waals surface area contributed by atoms with Crippen molar-refractivity contribution < 1.29 is 14.3 Å². The van der Waals surface area contributed by atoms with E-state index in [9.17, 15) is 4.79 Å². The van der Waals surface area contributed by atoms with E-state index in [1.54, 1.807) is 0 Å². The van der Waals surface area contributed by atoms with Gasteiger partial charge in [0.2, 0.25) is 11.7 Å². The predicted octanol–water partition coefficient (Wildman–Crippen LogP) is 0.872. The molecule has 1 rings (SSSR count). The van der Waals surface area contributed by atoms with Crippen LogP contribution in [0.5, 0.6) is 0 Å². The third kappa shape index (κ3) is 2.87. The topological polar surface area (TPSA) is 75.4 Å². The van der Waals surface area contributed by atoms with Crippen molar-refractivity contribution in [3.8, 4) is 0 Å². The number of aromatic nitrogens is 1. The average Bonchev–Trinajstić information content (AvgIpc) is 2.53. The Morgan fingerprint density at radius 2 is 2.54 bits per heavy atom. The van der Waals surface area contributed by atoms with E-state index in [-0.39, 0.29) is 5.76 Å². The third-order valence-electron chi connectivity index (χ3n) is 1.47. The van der Waals surface area contributed by atoms with Crippen LogP contribution in [0, 0.1) is 0 Å². The van der Waals surface area contributed by atoms with Crippen molar-refractivity contribution in [2.24, 2.45) is 0 Å². The second-order valence-electron chi connectivity index (χ2n) is 2.60. The Hall–Kier alpha value is -1.36. The maximum absolute atomic E-state index is 10.4. The Kier molecular flexibility index (Phi) is 3.45. The average molecular weight is 184 g/mol. The van der Waals surface area contributed by atoms with Gasteiger partial charge in [0.05, 0.1) is 12.7 Å². The Bertz CT molecular complexity index is 283. The molecule has 13 heavy (non-hydrogen) atoms. The lowest BCUT2D eigenvalue weighted by molar-refractivity contribution is 0.0660. The lowest BCUT2D eigenvalue weighted by atomic mass is 10.5. The van der Waals surface area contributed by atoms with Crippen LogP contribution in [0.15, 0.2) is 10.6 Å². The van der Waals surface area contributed by atoms with Crippen LogP contribution < -0.4 is 5.32 Å². The second kappa shape index (κ2) is 4.61. The van der Waals surface area contributed by atoms with E-state index in [1.165, 1.54) is 6.20 Å². The van der Waals surface area contributed by atoms with Crippen LogP contribution >= 0.6 is 0 Å². The maximum Gasteiger partial charge on any atom is 0.373 e. The molecule has 0 bridgehead atoms. The zero-order chi connectivity index (χ0) is 9.68. The van der Waals surface area contributed by atoms with Gasteiger partial charge in [0.15, 0.2) is 0 Å². The van der Waals surface area contributed by atoms with Gasteiger partial charge < -0.3 is 14.8 Å². The van der Waals surface area contributed by atoms with Crippen molar-refractivity contribution in [2.75, 3.05) is 6.54 Å². The number of hydrogen-bond donors (Lipinski definition) is 2. The van der Waals surface area contributed by atoms with Crippen LogP contribution in [-0.4, -0.2) is 22.6 Å². The summed E-state index contributed by atoms with van der Waals surface area (Å²) in [7, 11) is 0. The van der Waals surface area contributed by atoms with E-state index in [4.69, 9.17) is 9.52 Å². The quantitative estimate of drug-likeness (QED) is 0.664. The Balaban J connectivity index is 2.44. The Morgan fingerprint density at radius 1 is 1.77 bits per heavy atom. The molecule has 0 atom stereocenters. The molecule has 0 unspecified atom stereocenters. The predicted molar refractivity (Wildman–Crippen MR) is 45.5 cm³/mol. The number of nitrogens with zero attached hydrogens (tertiary/aromatic N) is 1. The summed E-state index contributed by atoms with van der Waals surface area (Å²) in [6.45, 7) is 3.39. The van der Waals surface area contributed by atoms with Gasteiger partial charge in [-0.05, 0) is 13.0 Å². The number of hydrogen-bond acceptors (Lipinski definition) is 4. The molecule has 0 amide bonds. The molecule has 0 spiro atoms. The van der Waals surface area contributed by atoms with Crippen LogP contribution in [0.2, 0.25) is 0 Å². The number of oxazole rings is 1. The molecular formula is C8H12N2O3. The van der Waals surface area contributed by atoms with Crippen molar-refractivity contribution in [1.29, 1.82) is 0 Å². The standard InChI is InChI=1S/C8H12N2O3/c1-2-3-9-5-7-10-4-6(13-7)8(11)12/h4,9H,2-3,5H2,1H3,(H,11,12). The summed E-state index contributed by atoms with van der Waals surface area (Å²) >= 11 is 0. The van der Waals surface area contributed by atoms with Gasteiger partial charge in [-0.3, -0.25) is 0 Å². The van der Waals surface area contributed by atoms with Gasteiger partial charge in [-0.2, -0.15) is 0 Å². The molecular weight excluding hydrogens is 172 g/mol. The zero-order valence-corrected chi connectivity index (χ0v) is 7.41. The molecule has 5 heteroatoms. The molecule has 2 N–H and O–H groups in total. The summed E-state index contributed by atoms with van der Waals surface area (Å²) in [4.78, 5) is 14.2. The van der Waals surface area contributed by atoms with Gasteiger partial charge in [0.25, 0.3) is 0 Å². The third-order valence-corrected chi connectivity index (χ3v) is 1.47.